The van der Waals surface area contributed by atoms with Crippen molar-refractivity contribution in [3.05, 3.63) is 47.1 Å². The summed E-state index contributed by atoms with van der Waals surface area (Å²) < 4.78 is 10.8. The maximum Gasteiger partial charge on any atom is 0.155 e. The average Bonchev–Trinajstić information content (AvgIpc) is 3.04. The lowest BCUT2D eigenvalue weighted by Gasteiger charge is -2.32. The van der Waals surface area contributed by atoms with E-state index < -0.39 is 6.10 Å². The number of allylic oxidation sites excluding steroid dienone is 7. The van der Waals surface area contributed by atoms with Crippen molar-refractivity contribution in [1.29, 1.82) is 0 Å². The fourth-order valence-corrected chi connectivity index (χ4v) is 4.30. The van der Waals surface area contributed by atoms with Crippen LogP contribution in [0.3, 0.4) is 0 Å². The lowest BCUT2D eigenvalue weighted by Crippen LogP contribution is -2.29. The number of hydrogen-bond acceptors (Lipinski definition) is 3. The molecule has 3 nitrogen and oxygen atoms in total. The van der Waals surface area contributed by atoms with Crippen molar-refractivity contribution in [2.24, 2.45) is 11.3 Å². The van der Waals surface area contributed by atoms with E-state index >= 15 is 0 Å². The smallest absolute Gasteiger partial charge is 0.155 e. The summed E-state index contributed by atoms with van der Waals surface area (Å²) in [4.78, 5) is 0. The summed E-state index contributed by atoms with van der Waals surface area (Å²) in [5.74, 6) is -0.0368. The van der Waals surface area contributed by atoms with Gasteiger partial charge in [-0.1, -0.05) is 55.4 Å². The predicted octanol–water partition coefficient (Wildman–Crippen LogP) is 5.49. The zero-order valence-electron chi connectivity index (χ0n) is 16.2. The SMILES string of the molecule is CC1=C(/C=C/C(C)=C/C=C/C(C(C)O)C2COPO2)C(C)(C)CCC1. The van der Waals surface area contributed by atoms with Crippen LogP contribution in [-0.4, -0.2) is 23.9 Å². The van der Waals surface area contributed by atoms with Crippen LogP contribution in [0.5, 0.6) is 0 Å². The largest absolute Gasteiger partial charge is 0.393 e. The van der Waals surface area contributed by atoms with Crippen molar-refractivity contribution >= 4 is 9.03 Å². The molecule has 1 aliphatic carbocycles. The van der Waals surface area contributed by atoms with Crippen LogP contribution in [0.25, 0.3) is 0 Å². The number of rotatable bonds is 6. The molecule has 1 heterocycles. The monoisotopic (exact) mass is 364 g/mol. The zero-order valence-corrected chi connectivity index (χ0v) is 17.2. The van der Waals surface area contributed by atoms with Crippen LogP contribution in [0.1, 0.15) is 53.9 Å². The highest BCUT2D eigenvalue weighted by Crippen LogP contribution is 2.40. The second-order valence-electron chi connectivity index (χ2n) is 7.93. The van der Waals surface area contributed by atoms with E-state index in [9.17, 15) is 5.11 Å². The maximum absolute atomic E-state index is 9.97. The highest BCUT2D eigenvalue weighted by Gasteiger charge is 2.28. The summed E-state index contributed by atoms with van der Waals surface area (Å²) in [5.41, 5.74) is 4.47. The Balaban J connectivity index is 2.02. The van der Waals surface area contributed by atoms with E-state index in [-0.39, 0.29) is 26.5 Å². The Kier molecular flexibility index (Phi) is 7.64. The molecule has 4 heteroatoms. The molecule has 2 aliphatic rings. The van der Waals surface area contributed by atoms with Crippen molar-refractivity contribution < 1.29 is 14.2 Å². The molecule has 0 amide bonds. The molecule has 0 radical (unpaired) electrons. The minimum absolute atomic E-state index is 0.0368. The van der Waals surface area contributed by atoms with Crippen LogP contribution < -0.4 is 0 Å². The van der Waals surface area contributed by atoms with Crippen molar-refractivity contribution in [2.75, 3.05) is 6.61 Å². The van der Waals surface area contributed by atoms with E-state index in [0.29, 0.717) is 6.61 Å². The third kappa shape index (κ3) is 5.89. The maximum atomic E-state index is 9.97. The third-order valence-corrected chi connectivity index (χ3v) is 5.92. The van der Waals surface area contributed by atoms with Crippen molar-refractivity contribution in [1.82, 2.24) is 0 Å². The fraction of sp³-hybridized carbons (Fsp3) is 0.619. The minimum Gasteiger partial charge on any atom is -0.393 e. The Labute approximate surface area is 154 Å². The van der Waals surface area contributed by atoms with Gasteiger partial charge in [-0.2, -0.15) is 0 Å². The highest BCUT2D eigenvalue weighted by atomic mass is 31.1. The van der Waals surface area contributed by atoms with Gasteiger partial charge in [0.1, 0.15) is 0 Å². The fourth-order valence-electron chi connectivity index (χ4n) is 3.65. The van der Waals surface area contributed by atoms with Crippen molar-refractivity contribution in [3.63, 3.8) is 0 Å². The molecule has 0 aromatic heterocycles. The van der Waals surface area contributed by atoms with Gasteiger partial charge in [-0.15, -0.1) is 0 Å². The van der Waals surface area contributed by atoms with E-state index in [1.54, 1.807) is 6.92 Å². The van der Waals surface area contributed by atoms with Crippen LogP contribution >= 0.6 is 9.03 Å². The van der Waals surface area contributed by atoms with Crippen LogP contribution in [-0.2, 0) is 9.05 Å². The predicted molar refractivity (Wildman–Crippen MR) is 107 cm³/mol. The average molecular weight is 364 g/mol. The van der Waals surface area contributed by atoms with E-state index in [0.717, 1.165) is 0 Å². The van der Waals surface area contributed by atoms with E-state index in [4.69, 9.17) is 9.05 Å². The molecule has 0 bridgehead atoms. The summed E-state index contributed by atoms with van der Waals surface area (Å²) in [6, 6.07) is 0. The Hall–Kier alpha value is -0.730. The van der Waals surface area contributed by atoms with Gasteiger partial charge in [0.25, 0.3) is 0 Å². The van der Waals surface area contributed by atoms with Gasteiger partial charge in [0.05, 0.1) is 18.8 Å². The summed E-state index contributed by atoms with van der Waals surface area (Å²) in [6.45, 7) is 11.4. The quantitative estimate of drug-likeness (QED) is 0.500. The highest BCUT2D eigenvalue weighted by molar-refractivity contribution is 7.26. The summed E-state index contributed by atoms with van der Waals surface area (Å²) >= 11 is 0. The van der Waals surface area contributed by atoms with Gasteiger partial charge < -0.3 is 14.2 Å². The number of hydrogen-bond donors (Lipinski definition) is 1. The minimum atomic E-state index is -0.451. The third-order valence-electron chi connectivity index (χ3n) is 5.24. The van der Waals surface area contributed by atoms with Crippen molar-refractivity contribution in [2.45, 2.75) is 66.1 Å². The van der Waals surface area contributed by atoms with Crippen LogP contribution in [0.2, 0.25) is 0 Å². The van der Waals surface area contributed by atoms with Crippen LogP contribution in [0, 0.1) is 11.3 Å². The molecule has 0 aromatic rings. The van der Waals surface area contributed by atoms with Gasteiger partial charge in [0.15, 0.2) is 9.03 Å². The van der Waals surface area contributed by atoms with E-state index in [1.165, 1.54) is 36.0 Å². The normalized spacial score (nSPS) is 28.4. The molecular formula is C21H33O3P. The molecule has 1 saturated heterocycles. The molecule has 0 aromatic carbocycles. The molecular weight excluding hydrogens is 331 g/mol. The van der Waals surface area contributed by atoms with Crippen molar-refractivity contribution in [3.8, 4) is 0 Å². The van der Waals surface area contributed by atoms with Gasteiger partial charge in [-0.05, 0) is 51.0 Å². The molecule has 1 fully saturated rings. The Morgan fingerprint density at radius 2 is 2.16 bits per heavy atom. The topological polar surface area (TPSA) is 38.7 Å². The lowest BCUT2D eigenvalue weighted by molar-refractivity contribution is 0.0743. The molecule has 0 spiro atoms. The summed E-state index contributed by atoms with van der Waals surface area (Å²) in [7, 11) is 0.0924. The van der Waals surface area contributed by atoms with Gasteiger partial charge >= 0.3 is 0 Å². The molecule has 25 heavy (non-hydrogen) atoms. The Morgan fingerprint density at radius 3 is 2.76 bits per heavy atom. The molecule has 0 saturated carbocycles. The Morgan fingerprint density at radius 1 is 1.40 bits per heavy atom. The standard InChI is InChI=1S/C21H33O3P/c1-15(11-12-19-16(2)9-7-13-21(19,4)5)8-6-10-18(17(3)22)20-14-23-25-24-20/h6,8,10-12,17-18,20,22,25H,7,9,13-14H2,1-5H3/b10-6+,12-11+,15-8+. The summed E-state index contributed by atoms with van der Waals surface area (Å²) in [5, 5.41) is 9.97. The molecule has 2 rings (SSSR count). The lowest BCUT2D eigenvalue weighted by atomic mass is 9.72. The first-order chi connectivity index (χ1) is 11.8. The first-order valence-electron chi connectivity index (χ1n) is 9.25. The number of aliphatic hydroxyl groups is 1. The van der Waals surface area contributed by atoms with Gasteiger partial charge in [-0.3, -0.25) is 0 Å². The van der Waals surface area contributed by atoms with E-state index in [2.05, 4.69) is 45.9 Å². The molecule has 1 aliphatic heterocycles. The zero-order chi connectivity index (χ0) is 18.4. The van der Waals surface area contributed by atoms with Gasteiger partial charge in [0, 0.05) is 5.92 Å². The van der Waals surface area contributed by atoms with Crippen LogP contribution in [0.4, 0.5) is 0 Å². The molecule has 4 unspecified atom stereocenters. The second-order valence-corrected chi connectivity index (χ2v) is 8.62. The first kappa shape index (κ1) is 20.6. The summed E-state index contributed by atoms with van der Waals surface area (Å²) in [6.07, 6.45) is 13.9. The van der Waals surface area contributed by atoms with E-state index in [1.807, 2.05) is 12.2 Å². The molecule has 1 N–H and O–H groups in total. The molecule has 140 valence electrons. The first-order valence-corrected chi connectivity index (χ1v) is 10.1. The van der Waals surface area contributed by atoms with Crippen LogP contribution in [0.15, 0.2) is 47.1 Å². The Bertz CT molecular complexity index is 564. The number of aliphatic hydroxyl groups excluding tert-OH is 1. The van der Waals surface area contributed by atoms with Gasteiger partial charge in [-0.25, -0.2) is 0 Å². The second kappa shape index (κ2) is 9.28. The van der Waals surface area contributed by atoms with Gasteiger partial charge in [0.2, 0.25) is 0 Å². The molecule has 4 atom stereocenters.